The van der Waals surface area contributed by atoms with Gasteiger partial charge in [0.2, 0.25) is 0 Å². The maximum Gasteiger partial charge on any atom is 0.123 e. The van der Waals surface area contributed by atoms with E-state index in [4.69, 9.17) is 9.72 Å². The van der Waals surface area contributed by atoms with Gasteiger partial charge >= 0.3 is 0 Å². The molecule has 2 saturated heterocycles. The number of benzene rings is 1. The normalized spacial score (nSPS) is 20.3. The molecule has 2 aliphatic rings. The zero-order valence-electron chi connectivity index (χ0n) is 15.2. The van der Waals surface area contributed by atoms with Crippen molar-refractivity contribution in [2.24, 2.45) is 0 Å². The molecule has 0 aliphatic carbocycles. The lowest BCUT2D eigenvalue weighted by atomic mass is 9.91. The van der Waals surface area contributed by atoms with Gasteiger partial charge in [0.05, 0.1) is 0 Å². The first-order valence-corrected chi connectivity index (χ1v) is 9.80. The molecule has 3 heterocycles. The van der Waals surface area contributed by atoms with Crippen LogP contribution in [-0.2, 0) is 11.2 Å². The van der Waals surface area contributed by atoms with Crippen molar-refractivity contribution in [3.63, 3.8) is 0 Å². The topological polar surface area (TPSA) is 25.4 Å². The van der Waals surface area contributed by atoms with E-state index in [2.05, 4.69) is 17.0 Å². The molecule has 0 spiro atoms. The summed E-state index contributed by atoms with van der Waals surface area (Å²) in [5, 5.41) is 0. The Labute approximate surface area is 155 Å². The van der Waals surface area contributed by atoms with E-state index < -0.39 is 0 Å². The van der Waals surface area contributed by atoms with Crippen LogP contribution in [0.4, 0.5) is 4.39 Å². The third-order valence-electron chi connectivity index (χ3n) is 5.76. The number of ether oxygens (including phenoxy) is 1. The second-order valence-electron chi connectivity index (χ2n) is 7.51. The number of rotatable bonds is 4. The highest BCUT2D eigenvalue weighted by Gasteiger charge is 2.27. The van der Waals surface area contributed by atoms with Crippen LogP contribution in [0.5, 0.6) is 0 Å². The Morgan fingerprint density at radius 3 is 2.54 bits per heavy atom. The molecule has 2 aliphatic heterocycles. The minimum absolute atomic E-state index is 0.181. The lowest BCUT2D eigenvalue weighted by Gasteiger charge is -2.39. The summed E-state index contributed by atoms with van der Waals surface area (Å²) in [6.07, 6.45) is 5.38. The number of aromatic nitrogens is 1. The highest BCUT2D eigenvalue weighted by atomic mass is 19.1. The molecule has 0 saturated carbocycles. The number of hydrogen-bond donors (Lipinski definition) is 0. The predicted octanol–water partition coefficient (Wildman–Crippen LogP) is 4.17. The van der Waals surface area contributed by atoms with Crippen molar-refractivity contribution in [1.29, 1.82) is 0 Å². The summed E-state index contributed by atoms with van der Waals surface area (Å²) in [6.45, 7) is 4.14. The second kappa shape index (κ2) is 8.28. The smallest absolute Gasteiger partial charge is 0.123 e. The predicted molar refractivity (Wildman–Crippen MR) is 101 cm³/mol. The van der Waals surface area contributed by atoms with E-state index in [1.54, 1.807) is 12.1 Å². The number of piperidine rings is 1. The van der Waals surface area contributed by atoms with Crippen LogP contribution in [-0.4, -0.2) is 42.2 Å². The van der Waals surface area contributed by atoms with E-state index in [1.807, 2.05) is 12.1 Å². The van der Waals surface area contributed by atoms with E-state index in [9.17, 15) is 4.39 Å². The zero-order chi connectivity index (χ0) is 17.8. The maximum atomic E-state index is 13.4. The van der Waals surface area contributed by atoms with Crippen LogP contribution >= 0.6 is 0 Å². The third-order valence-corrected chi connectivity index (χ3v) is 5.76. The molecule has 0 amide bonds. The summed E-state index contributed by atoms with van der Waals surface area (Å²) in [5.74, 6) is 0.359. The largest absolute Gasteiger partial charge is 0.381 e. The van der Waals surface area contributed by atoms with Crippen molar-refractivity contribution in [1.82, 2.24) is 9.88 Å². The van der Waals surface area contributed by atoms with Crippen LogP contribution in [0.25, 0.3) is 0 Å². The summed E-state index contributed by atoms with van der Waals surface area (Å²) >= 11 is 0. The van der Waals surface area contributed by atoms with Gasteiger partial charge in [-0.2, -0.15) is 0 Å². The van der Waals surface area contributed by atoms with Crippen molar-refractivity contribution < 1.29 is 9.13 Å². The van der Waals surface area contributed by atoms with Crippen LogP contribution < -0.4 is 0 Å². The van der Waals surface area contributed by atoms with Gasteiger partial charge in [0, 0.05) is 43.0 Å². The van der Waals surface area contributed by atoms with E-state index in [0.29, 0.717) is 18.4 Å². The van der Waals surface area contributed by atoms with Gasteiger partial charge in [0.1, 0.15) is 5.82 Å². The Kier molecular flexibility index (Phi) is 5.61. The lowest BCUT2D eigenvalue weighted by Crippen LogP contribution is -2.43. The van der Waals surface area contributed by atoms with Crippen LogP contribution in [0.2, 0.25) is 0 Å². The fourth-order valence-corrected chi connectivity index (χ4v) is 4.29. The molecule has 4 heteroatoms. The minimum Gasteiger partial charge on any atom is -0.381 e. The fourth-order valence-electron chi connectivity index (χ4n) is 4.29. The van der Waals surface area contributed by atoms with Crippen LogP contribution in [0.15, 0.2) is 42.5 Å². The van der Waals surface area contributed by atoms with E-state index in [1.165, 1.54) is 37.4 Å². The average Bonchev–Trinajstić information content (AvgIpc) is 2.69. The average molecular weight is 354 g/mol. The zero-order valence-corrected chi connectivity index (χ0v) is 15.2. The van der Waals surface area contributed by atoms with Crippen LogP contribution in [0.1, 0.15) is 48.6 Å². The van der Waals surface area contributed by atoms with Crippen LogP contribution in [0, 0.1) is 5.82 Å². The Morgan fingerprint density at radius 1 is 1.00 bits per heavy atom. The summed E-state index contributed by atoms with van der Waals surface area (Å²) in [5.41, 5.74) is 3.20. The number of halogens is 1. The Morgan fingerprint density at radius 2 is 1.77 bits per heavy atom. The summed E-state index contributed by atoms with van der Waals surface area (Å²) < 4.78 is 18.9. The lowest BCUT2D eigenvalue weighted by molar-refractivity contribution is 0.0250. The Balaban J connectivity index is 1.38. The number of nitrogens with zero attached hydrogens (tertiary/aromatic N) is 2. The SMILES string of the molecule is Fc1cccc(Cc2cccc(C3CCN(C4CCOCC4)CC3)n2)c1. The summed E-state index contributed by atoms with van der Waals surface area (Å²) in [7, 11) is 0. The molecule has 26 heavy (non-hydrogen) atoms. The summed E-state index contributed by atoms with van der Waals surface area (Å²) in [4.78, 5) is 7.55. The molecule has 3 nitrogen and oxygen atoms in total. The Hall–Kier alpha value is -1.78. The molecule has 4 rings (SSSR count). The number of hydrogen-bond acceptors (Lipinski definition) is 3. The van der Waals surface area contributed by atoms with Crippen molar-refractivity contribution in [3.8, 4) is 0 Å². The highest BCUT2D eigenvalue weighted by Crippen LogP contribution is 2.29. The van der Waals surface area contributed by atoms with Crippen molar-refractivity contribution >= 4 is 0 Å². The van der Waals surface area contributed by atoms with Crippen molar-refractivity contribution in [3.05, 3.63) is 65.2 Å². The monoisotopic (exact) mass is 354 g/mol. The molecule has 0 N–H and O–H groups in total. The van der Waals surface area contributed by atoms with Gasteiger partial charge in [0.25, 0.3) is 0 Å². The minimum atomic E-state index is -0.181. The first-order valence-electron chi connectivity index (χ1n) is 9.80. The number of pyridine rings is 1. The van der Waals surface area contributed by atoms with E-state index >= 15 is 0 Å². The molecular formula is C22H27FN2O. The first kappa shape index (κ1) is 17.6. The van der Waals surface area contributed by atoms with Gasteiger partial charge in [-0.05, 0) is 68.6 Å². The Bertz CT molecular complexity index is 722. The first-order chi connectivity index (χ1) is 12.8. The van der Waals surface area contributed by atoms with E-state index in [-0.39, 0.29) is 5.82 Å². The molecule has 0 radical (unpaired) electrons. The molecule has 2 aromatic rings. The van der Waals surface area contributed by atoms with Gasteiger partial charge < -0.3 is 9.64 Å². The summed E-state index contributed by atoms with van der Waals surface area (Å²) in [6, 6.07) is 13.8. The standard InChI is InChI=1S/C22H27FN2O/c23-19-4-1-3-17(15-19)16-20-5-2-6-22(24-20)18-7-11-25(12-8-18)21-9-13-26-14-10-21/h1-6,15,18,21H,7-14,16H2. The third kappa shape index (κ3) is 4.30. The molecule has 0 bridgehead atoms. The quantitative estimate of drug-likeness (QED) is 0.824. The molecular weight excluding hydrogens is 327 g/mol. The van der Waals surface area contributed by atoms with Gasteiger partial charge in [-0.3, -0.25) is 4.98 Å². The molecule has 1 aromatic heterocycles. The van der Waals surface area contributed by atoms with E-state index in [0.717, 1.165) is 37.6 Å². The van der Waals surface area contributed by atoms with Gasteiger partial charge in [-0.1, -0.05) is 18.2 Å². The molecule has 0 atom stereocenters. The second-order valence-corrected chi connectivity index (χ2v) is 7.51. The molecule has 138 valence electrons. The van der Waals surface area contributed by atoms with Crippen LogP contribution in [0.3, 0.4) is 0 Å². The van der Waals surface area contributed by atoms with Gasteiger partial charge in [-0.25, -0.2) is 4.39 Å². The maximum absolute atomic E-state index is 13.4. The van der Waals surface area contributed by atoms with Crippen molar-refractivity contribution in [2.75, 3.05) is 26.3 Å². The molecule has 2 fully saturated rings. The van der Waals surface area contributed by atoms with Gasteiger partial charge in [-0.15, -0.1) is 0 Å². The molecule has 0 unspecified atom stereocenters. The fraction of sp³-hybridized carbons (Fsp3) is 0.500. The highest BCUT2D eigenvalue weighted by molar-refractivity contribution is 5.24. The van der Waals surface area contributed by atoms with Crippen molar-refractivity contribution in [2.45, 2.75) is 44.1 Å². The van der Waals surface area contributed by atoms with Gasteiger partial charge in [0.15, 0.2) is 0 Å². The number of likely N-dealkylation sites (tertiary alicyclic amines) is 1. The molecule has 1 aromatic carbocycles.